The van der Waals surface area contributed by atoms with E-state index in [0.717, 1.165) is 38.3 Å². The Labute approximate surface area is 165 Å². The summed E-state index contributed by atoms with van der Waals surface area (Å²) in [5.74, 6) is 0.522. The maximum atomic E-state index is 12.5. The lowest BCUT2D eigenvalue weighted by Gasteiger charge is -2.34. The van der Waals surface area contributed by atoms with Crippen LogP contribution in [0.4, 0.5) is 11.4 Å². The number of nitrogens with one attached hydrogen (secondary N) is 1. The van der Waals surface area contributed by atoms with E-state index in [0.29, 0.717) is 28.6 Å². The summed E-state index contributed by atoms with van der Waals surface area (Å²) in [7, 11) is 2.12. The summed E-state index contributed by atoms with van der Waals surface area (Å²) in [5, 5.41) is 3.56. The fourth-order valence-corrected chi connectivity index (χ4v) is 3.34. The molecule has 0 atom stereocenters. The van der Waals surface area contributed by atoms with Gasteiger partial charge in [-0.2, -0.15) is 0 Å². The van der Waals surface area contributed by atoms with E-state index in [-0.39, 0.29) is 5.91 Å². The van der Waals surface area contributed by atoms with Crippen molar-refractivity contribution in [2.75, 3.05) is 50.1 Å². The van der Waals surface area contributed by atoms with Gasteiger partial charge >= 0.3 is 0 Å². The van der Waals surface area contributed by atoms with Gasteiger partial charge in [-0.25, -0.2) is 0 Å². The van der Waals surface area contributed by atoms with Crippen molar-refractivity contribution in [3.8, 4) is 5.75 Å². The molecule has 1 N–H and O–H groups in total. The van der Waals surface area contributed by atoms with Crippen LogP contribution < -0.4 is 15.0 Å². The van der Waals surface area contributed by atoms with Crippen LogP contribution in [0, 0.1) is 0 Å². The molecule has 0 radical (unpaired) electrons. The van der Waals surface area contributed by atoms with E-state index in [1.54, 1.807) is 12.1 Å². The second kappa shape index (κ2) is 9.11. The lowest BCUT2D eigenvalue weighted by molar-refractivity contribution is 0.102. The Morgan fingerprint density at radius 3 is 2.63 bits per heavy atom. The molecule has 1 amide bonds. The first-order valence-corrected chi connectivity index (χ1v) is 9.72. The number of carbonyl (C=O) groups is 1. The largest absolute Gasteiger partial charge is 0.494 e. The minimum atomic E-state index is -0.180. The molecule has 0 spiro atoms. The number of anilines is 2. The van der Waals surface area contributed by atoms with Gasteiger partial charge in [-0.1, -0.05) is 24.6 Å². The Balaban J connectivity index is 1.67. The van der Waals surface area contributed by atoms with E-state index in [9.17, 15) is 4.79 Å². The lowest BCUT2D eigenvalue weighted by Crippen LogP contribution is -2.44. The summed E-state index contributed by atoms with van der Waals surface area (Å²) in [4.78, 5) is 17.1. The molecule has 1 aliphatic heterocycles. The summed E-state index contributed by atoms with van der Waals surface area (Å²) in [6.45, 7) is 6.62. The minimum absolute atomic E-state index is 0.180. The standard InChI is InChI=1S/C21H26ClN3O2/c1-3-13-27-18-6-4-5-16(14-18)21(26)23-17-7-8-20(19(22)15-17)25-11-9-24(2)10-12-25/h4-8,14-15H,3,9-13H2,1-2H3,(H,23,26). The molecule has 0 aliphatic carbocycles. The average molecular weight is 388 g/mol. The van der Waals surface area contributed by atoms with Gasteiger partial charge in [0.15, 0.2) is 0 Å². The predicted octanol–water partition coefficient (Wildman–Crippen LogP) is 4.13. The summed E-state index contributed by atoms with van der Waals surface area (Å²) in [6.07, 6.45) is 0.925. The van der Waals surface area contributed by atoms with Crippen molar-refractivity contribution >= 4 is 28.9 Å². The van der Waals surface area contributed by atoms with Crippen LogP contribution >= 0.6 is 11.6 Å². The number of benzene rings is 2. The van der Waals surface area contributed by atoms with Gasteiger partial charge in [-0.15, -0.1) is 0 Å². The second-order valence-electron chi connectivity index (χ2n) is 6.79. The topological polar surface area (TPSA) is 44.8 Å². The van der Waals surface area contributed by atoms with Crippen molar-refractivity contribution in [3.05, 3.63) is 53.1 Å². The first-order chi connectivity index (χ1) is 13.1. The van der Waals surface area contributed by atoms with Gasteiger partial charge in [-0.05, 0) is 49.9 Å². The zero-order valence-corrected chi connectivity index (χ0v) is 16.6. The molecule has 0 saturated carbocycles. The predicted molar refractivity (Wildman–Crippen MR) is 111 cm³/mol. The zero-order valence-electron chi connectivity index (χ0n) is 15.9. The van der Waals surface area contributed by atoms with E-state index in [1.165, 1.54) is 0 Å². The summed E-state index contributed by atoms with van der Waals surface area (Å²) < 4.78 is 5.60. The van der Waals surface area contributed by atoms with Crippen LogP contribution in [0.5, 0.6) is 5.75 Å². The summed E-state index contributed by atoms with van der Waals surface area (Å²) in [6, 6.07) is 12.9. The Hall–Kier alpha value is -2.24. The maximum Gasteiger partial charge on any atom is 0.255 e. The molecule has 0 aromatic heterocycles. The molecule has 0 unspecified atom stereocenters. The Morgan fingerprint density at radius 1 is 1.15 bits per heavy atom. The number of piperazine rings is 1. The third kappa shape index (κ3) is 5.15. The molecular formula is C21H26ClN3O2. The Bertz CT molecular complexity index is 789. The highest BCUT2D eigenvalue weighted by molar-refractivity contribution is 6.33. The van der Waals surface area contributed by atoms with Gasteiger partial charge in [0.2, 0.25) is 0 Å². The van der Waals surface area contributed by atoms with Crippen LogP contribution in [-0.2, 0) is 0 Å². The fraction of sp³-hybridized carbons (Fsp3) is 0.381. The zero-order chi connectivity index (χ0) is 19.2. The molecule has 3 rings (SSSR count). The number of rotatable bonds is 6. The normalized spacial score (nSPS) is 14.9. The minimum Gasteiger partial charge on any atom is -0.494 e. The lowest BCUT2D eigenvalue weighted by atomic mass is 10.2. The monoisotopic (exact) mass is 387 g/mol. The van der Waals surface area contributed by atoms with Crippen molar-refractivity contribution in [2.24, 2.45) is 0 Å². The summed E-state index contributed by atoms with van der Waals surface area (Å²) in [5.41, 5.74) is 2.25. The maximum absolute atomic E-state index is 12.5. The number of amides is 1. The van der Waals surface area contributed by atoms with Crippen LogP contribution in [0.15, 0.2) is 42.5 Å². The number of hydrogen-bond acceptors (Lipinski definition) is 4. The van der Waals surface area contributed by atoms with E-state index in [1.807, 2.05) is 37.3 Å². The number of halogens is 1. The fourth-order valence-electron chi connectivity index (χ4n) is 3.04. The number of carbonyl (C=O) groups excluding carboxylic acids is 1. The van der Waals surface area contributed by atoms with Crippen molar-refractivity contribution in [3.63, 3.8) is 0 Å². The van der Waals surface area contributed by atoms with Gasteiger partial charge < -0.3 is 19.9 Å². The van der Waals surface area contributed by atoms with Crippen LogP contribution in [0.3, 0.4) is 0 Å². The molecule has 27 heavy (non-hydrogen) atoms. The van der Waals surface area contributed by atoms with E-state index in [4.69, 9.17) is 16.3 Å². The van der Waals surface area contributed by atoms with Gasteiger partial charge in [0.1, 0.15) is 5.75 Å². The molecule has 144 valence electrons. The molecule has 1 aliphatic rings. The SMILES string of the molecule is CCCOc1cccc(C(=O)Nc2ccc(N3CCN(C)CC3)c(Cl)c2)c1. The molecule has 6 heteroatoms. The third-order valence-electron chi connectivity index (χ3n) is 4.62. The number of ether oxygens (including phenoxy) is 1. The molecule has 0 bridgehead atoms. The molecule has 1 saturated heterocycles. The van der Waals surface area contributed by atoms with Crippen molar-refractivity contribution in [2.45, 2.75) is 13.3 Å². The quantitative estimate of drug-likeness (QED) is 0.809. The highest BCUT2D eigenvalue weighted by Crippen LogP contribution is 2.30. The Kier molecular flexibility index (Phi) is 6.58. The van der Waals surface area contributed by atoms with Gasteiger partial charge in [-0.3, -0.25) is 4.79 Å². The van der Waals surface area contributed by atoms with Crippen LogP contribution in [-0.4, -0.2) is 50.6 Å². The van der Waals surface area contributed by atoms with Crippen LogP contribution in [0.2, 0.25) is 5.02 Å². The highest BCUT2D eigenvalue weighted by atomic mass is 35.5. The highest BCUT2D eigenvalue weighted by Gasteiger charge is 2.17. The van der Waals surface area contributed by atoms with Gasteiger partial charge in [0, 0.05) is 37.4 Å². The van der Waals surface area contributed by atoms with Gasteiger partial charge in [0.25, 0.3) is 5.91 Å². The third-order valence-corrected chi connectivity index (χ3v) is 4.92. The van der Waals surface area contributed by atoms with Crippen molar-refractivity contribution in [1.29, 1.82) is 0 Å². The van der Waals surface area contributed by atoms with Crippen LogP contribution in [0.25, 0.3) is 0 Å². The van der Waals surface area contributed by atoms with E-state index in [2.05, 4.69) is 22.2 Å². The van der Waals surface area contributed by atoms with E-state index >= 15 is 0 Å². The number of hydrogen-bond donors (Lipinski definition) is 1. The smallest absolute Gasteiger partial charge is 0.255 e. The van der Waals surface area contributed by atoms with Crippen molar-refractivity contribution < 1.29 is 9.53 Å². The molecule has 1 heterocycles. The van der Waals surface area contributed by atoms with Gasteiger partial charge in [0.05, 0.1) is 17.3 Å². The van der Waals surface area contributed by atoms with E-state index < -0.39 is 0 Å². The second-order valence-corrected chi connectivity index (χ2v) is 7.19. The van der Waals surface area contributed by atoms with Crippen LogP contribution in [0.1, 0.15) is 23.7 Å². The average Bonchev–Trinajstić information content (AvgIpc) is 2.67. The number of likely N-dealkylation sites (N-methyl/N-ethyl adjacent to an activating group) is 1. The first-order valence-electron chi connectivity index (χ1n) is 9.34. The molecule has 1 fully saturated rings. The van der Waals surface area contributed by atoms with Crippen molar-refractivity contribution in [1.82, 2.24) is 4.90 Å². The molecule has 5 nitrogen and oxygen atoms in total. The summed E-state index contributed by atoms with van der Waals surface area (Å²) >= 11 is 6.48. The molecular weight excluding hydrogens is 362 g/mol. The molecule has 2 aromatic rings. The first kappa shape index (κ1) is 19.5. The number of nitrogens with zero attached hydrogens (tertiary/aromatic N) is 2. The Morgan fingerprint density at radius 2 is 1.93 bits per heavy atom. The molecule has 2 aromatic carbocycles.